The summed E-state index contributed by atoms with van der Waals surface area (Å²) in [4.78, 5) is 18.5. The number of amides is 1. The van der Waals surface area contributed by atoms with E-state index < -0.39 is 0 Å². The van der Waals surface area contributed by atoms with Crippen LogP contribution in [0.2, 0.25) is 0 Å². The molecular weight excluding hydrogens is 302 g/mol. The average molecular weight is 321 g/mol. The number of hydrogen-bond acceptors (Lipinski definition) is 7. The lowest BCUT2D eigenvalue weighted by Gasteiger charge is -2.21. The SMILES string of the molecule is CC(C)c1nnc(CN2CCC[C@H]2C(=O)Nc2nccs2)o1. The summed E-state index contributed by atoms with van der Waals surface area (Å²) >= 11 is 1.42. The maximum Gasteiger partial charge on any atom is 0.243 e. The first kappa shape index (κ1) is 15.1. The van der Waals surface area contributed by atoms with Crippen molar-refractivity contribution < 1.29 is 9.21 Å². The lowest BCUT2D eigenvalue weighted by molar-refractivity contribution is -0.120. The van der Waals surface area contributed by atoms with Gasteiger partial charge in [0.05, 0.1) is 12.6 Å². The molecule has 8 heteroatoms. The Balaban J connectivity index is 1.63. The van der Waals surface area contributed by atoms with Crippen LogP contribution in [0.3, 0.4) is 0 Å². The normalized spacial score (nSPS) is 19.0. The number of thiazole rings is 1. The third-order valence-corrected chi connectivity index (χ3v) is 4.33. The fraction of sp³-hybridized carbons (Fsp3) is 0.571. The second kappa shape index (κ2) is 6.53. The van der Waals surface area contributed by atoms with Crippen molar-refractivity contribution >= 4 is 22.4 Å². The zero-order valence-corrected chi connectivity index (χ0v) is 13.5. The van der Waals surface area contributed by atoms with Crippen LogP contribution < -0.4 is 5.32 Å². The van der Waals surface area contributed by atoms with Crippen LogP contribution in [0.1, 0.15) is 44.4 Å². The van der Waals surface area contributed by atoms with Gasteiger partial charge in [-0.05, 0) is 19.4 Å². The summed E-state index contributed by atoms with van der Waals surface area (Å²) in [5.74, 6) is 1.40. The van der Waals surface area contributed by atoms with E-state index >= 15 is 0 Å². The van der Waals surface area contributed by atoms with Crippen LogP contribution in [0.15, 0.2) is 16.0 Å². The molecule has 0 aromatic carbocycles. The molecule has 3 rings (SSSR count). The van der Waals surface area contributed by atoms with Crippen molar-refractivity contribution in [2.75, 3.05) is 11.9 Å². The van der Waals surface area contributed by atoms with E-state index in [1.807, 2.05) is 19.2 Å². The van der Waals surface area contributed by atoms with Crippen LogP contribution in [0.25, 0.3) is 0 Å². The van der Waals surface area contributed by atoms with Crippen LogP contribution in [-0.2, 0) is 11.3 Å². The molecule has 0 spiro atoms. The van der Waals surface area contributed by atoms with Gasteiger partial charge >= 0.3 is 0 Å². The molecule has 1 N–H and O–H groups in total. The van der Waals surface area contributed by atoms with E-state index in [4.69, 9.17) is 4.42 Å². The summed E-state index contributed by atoms with van der Waals surface area (Å²) in [7, 11) is 0. The van der Waals surface area contributed by atoms with Gasteiger partial charge in [-0.15, -0.1) is 21.5 Å². The van der Waals surface area contributed by atoms with Gasteiger partial charge in [0, 0.05) is 17.5 Å². The smallest absolute Gasteiger partial charge is 0.243 e. The molecule has 2 aromatic rings. The number of nitrogens with one attached hydrogen (secondary N) is 1. The average Bonchev–Trinajstić information content (AvgIpc) is 3.19. The highest BCUT2D eigenvalue weighted by molar-refractivity contribution is 7.13. The molecule has 0 aliphatic carbocycles. The molecule has 7 nitrogen and oxygen atoms in total. The Morgan fingerprint density at radius 2 is 2.41 bits per heavy atom. The van der Waals surface area contributed by atoms with Crippen LogP contribution in [-0.4, -0.2) is 38.6 Å². The van der Waals surface area contributed by atoms with Crippen molar-refractivity contribution in [2.45, 2.75) is 45.2 Å². The van der Waals surface area contributed by atoms with Gasteiger partial charge in [-0.25, -0.2) is 4.98 Å². The Morgan fingerprint density at radius 1 is 1.55 bits per heavy atom. The standard InChI is InChI=1S/C14H19N5O2S/c1-9(2)13-18-17-11(21-13)8-19-6-3-4-10(19)12(20)16-14-15-5-7-22-14/h5,7,9-10H,3-4,6,8H2,1-2H3,(H,15,16,20)/t10-/m0/s1. The number of nitrogens with zero attached hydrogens (tertiary/aromatic N) is 4. The van der Waals surface area contributed by atoms with Gasteiger partial charge in [0.1, 0.15) is 0 Å². The van der Waals surface area contributed by atoms with E-state index in [2.05, 4.69) is 25.4 Å². The molecular formula is C14H19N5O2S. The quantitative estimate of drug-likeness (QED) is 0.909. The van der Waals surface area contributed by atoms with Gasteiger partial charge in [-0.3, -0.25) is 9.69 Å². The summed E-state index contributed by atoms with van der Waals surface area (Å²) in [6.45, 7) is 5.39. The van der Waals surface area contributed by atoms with Crippen molar-refractivity contribution in [1.29, 1.82) is 0 Å². The first-order chi connectivity index (χ1) is 10.6. The highest BCUT2D eigenvalue weighted by atomic mass is 32.1. The number of hydrogen-bond donors (Lipinski definition) is 1. The number of aromatic nitrogens is 3. The fourth-order valence-corrected chi connectivity index (χ4v) is 3.06. The van der Waals surface area contributed by atoms with E-state index in [1.165, 1.54) is 11.3 Å². The minimum absolute atomic E-state index is 0.0175. The Kier molecular flexibility index (Phi) is 4.49. The summed E-state index contributed by atoms with van der Waals surface area (Å²) in [6.07, 6.45) is 3.50. The van der Waals surface area contributed by atoms with Crippen LogP contribution in [0.5, 0.6) is 0 Å². The monoisotopic (exact) mass is 321 g/mol. The maximum atomic E-state index is 12.4. The van der Waals surface area contributed by atoms with E-state index in [0.29, 0.717) is 23.5 Å². The molecule has 2 aromatic heterocycles. The van der Waals surface area contributed by atoms with Gasteiger partial charge in [0.25, 0.3) is 0 Å². The molecule has 1 saturated heterocycles. The number of likely N-dealkylation sites (tertiary alicyclic amines) is 1. The predicted molar refractivity (Wildman–Crippen MR) is 82.6 cm³/mol. The maximum absolute atomic E-state index is 12.4. The molecule has 22 heavy (non-hydrogen) atoms. The molecule has 0 radical (unpaired) electrons. The summed E-state index contributed by atoms with van der Waals surface area (Å²) in [6, 6.07) is -0.168. The molecule has 1 aliphatic rings. The van der Waals surface area contributed by atoms with Gasteiger partial charge in [0.2, 0.25) is 17.7 Å². The van der Waals surface area contributed by atoms with Crippen LogP contribution >= 0.6 is 11.3 Å². The number of carbonyl (C=O) groups is 1. The number of carbonyl (C=O) groups excluding carboxylic acids is 1. The minimum Gasteiger partial charge on any atom is -0.424 e. The van der Waals surface area contributed by atoms with Crippen molar-refractivity contribution in [3.8, 4) is 0 Å². The van der Waals surface area contributed by atoms with Gasteiger partial charge in [-0.1, -0.05) is 13.8 Å². The van der Waals surface area contributed by atoms with E-state index in [9.17, 15) is 4.79 Å². The minimum atomic E-state index is -0.168. The van der Waals surface area contributed by atoms with Gasteiger partial charge in [-0.2, -0.15) is 0 Å². The third kappa shape index (κ3) is 3.33. The molecule has 0 saturated carbocycles. The third-order valence-electron chi connectivity index (χ3n) is 3.64. The van der Waals surface area contributed by atoms with Crippen LogP contribution in [0, 0.1) is 0 Å². The van der Waals surface area contributed by atoms with Crippen molar-refractivity contribution in [2.24, 2.45) is 0 Å². The predicted octanol–water partition coefficient (Wildman–Crippen LogP) is 2.25. The van der Waals surface area contributed by atoms with Crippen molar-refractivity contribution in [3.63, 3.8) is 0 Å². The zero-order chi connectivity index (χ0) is 15.5. The van der Waals surface area contributed by atoms with Gasteiger partial charge < -0.3 is 9.73 Å². The van der Waals surface area contributed by atoms with E-state index in [0.717, 1.165) is 19.4 Å². The largest absolute Gasteiger partial charge is 0.424 e. The highest BCUT2D eigenvalue weighted by Crippen LogP contribution is 2.22. The molecule has 1 amide bonds. The molecule has 118 valence electrons. The molecule has 1 fully saturated rings. The number of rotatable bonds is 5. The van der Waals surface area contributed by atoms with Gasteiger partial charge in [0.15, 0.2) is 5.13 Å². The summed E-state index contributed by atoms with van der Waals surface area (Å²) in [5, 5.41) is 13.4. The molecule has 0 bridgehead atoms. The fourth-order valence-electron chi connectivity index (χ4n) is 2.52. The Hall–Kier alpha value is -1.80. The Bertz CT molecular complexity index is 625. The second-order valence-electron chi connectivity index (χ2n) is 5.64. The molecule has 1 aliphatic heterocycles. The second-order valence-corrected chi connectivity index (χ2v) is 6.54. The van der Waals surface area contributed by atoms with Crippen molar-refractivity contribution in [1.82, 2.24) is 20.1 Å². The van der Waals surface area contributed by atoms with Crippen LogP contribution in [0.4, 0.5) is 5.13 Å². The number of anilines is 1. The Morgan fingerprint density at radius 3 is 3.09 bits per heavy atom. The lowest BCUT2D eigenvalue weighted by atomic mass is 10.2. The Labute approximate surface area is 132 Å². The zero-order valence-electron chi connectivity index (χ0n) is 12.7. The summed E-state index contributed by atoms with van der Waals surface area (Å²) < 4.78 is 5.64. The molecule has 0 unspecified atom stereocenters. The topological polar surface area (TPSA) is 84.2 Å². The highest BCUT2D eigenvalue weighted by Gasteiger charge is 2.32. The van der Waals surface area contributed by atoms with Crippen molar-refractivity contribution in [3.05, 3.63) is 23.4 Å². The first-order valence-corrected chi connectivity index (χ1v) is 8.28. The lowest BCUT2D eigenvalue weighted by Crippen LogP contribution is -2.39. The molecule has 1 atom stereocenters. The van der Waals surface area contributed by atoms with E-state index in [-0.39, 0.29) is 17.9 Å². The first-order valence-electron chi connectivity index (χ1n) is 7.40. The van der Waals surface area contributed by atoms with E-state index in [1.54, 1.807) is 6.20 Å². The molecule has 3 heterocycles. The summed E-state index contributed by atoms with van der Waals surface area (Å²) in [5.41, 5.74) is 0.